The molecule has 1 aromatic carbocycles. The Hall–Kier alpha value is -1.27. The molecule has 0 bridgehead atoms. The summed E-state index contributed by atoms with van der Waals surface area (Å²) >= 11 is 5.29. The third-order valence-electron chi connectivity index (χ3n) is 2.43. The Morgan fingerprint density at radius 3 is 2.40 bits per heavy atom. The fourth-order valence-electron chi connectivity index (χ4n) is 1.67. The fraction of sp³-hybridized carbons (Fsp3) is 0.333. The second-order valence-electron chi connectivity index (χ2n) is 3.78. The lowest BCUT2D eigenvalue weighted by molar-refractivity contribution is 0.216. The van der Waals surface area contributed by atoms with E-state index in [0.717, 1.165) is 0 Å². The molecule has 0 amide bonds. The Morgan fingerprint density at radius 1 is 1.20 bits per heavy atom. The quantitative estimate of drug-likeness (QED) is 0.826. The topological polar surface area (TPSA) is 73.4 Å². The summed E-state index contributed by atoms with van der Waals surface area (Å²) in [6.07, 6.45) is 0. The van der Waals surface area contributed by atoms with Crippen molar-refractivity contribution < 1.29 is 13.6 Å². The molecule has 6 nitrogen and oxygen atoms in total. The van der Waals surface area contributed by atoms with Gasteiger partial charge in [0, 0.05) is 11.8 Å². The largest absolute Gasteiger partial charge is 0.403 e. The maximum Gasteiger partial charge on any atom is 0.381 e. The number of fused-ring (bicyclic) bond motifs is 1. The highest BCUT2D eigenvalue weighted by Gasteiger charge is 2.23. The van der Waals surface area contributed by atoms with Gasteiger partial charge in [-0.2, -0.15) is 0 Å². The van der Waals surface area contributed by atoms with E-state index in [1.165, 1.54) is 0 Å². The highest BCUT2D eigenvalue weighted by molar-refractivity contribution is 8.07. The number of aromatic nitrogens is 2. The van der Waals surface area contributed by atoms with E-state index in [1.54, 1.807) is 24.3 Å². The van der Waals surface area contributed by atoms with Crippen molar-refractivity contribution in [2.45, 2.75) is 13.8 Å². The van der Waals surface area contributed by atoms with E-state index < -0.39 is 6.72 Å². The third-order valence-corrected chi connectivity index (χ3v) is 4.84. The summed E-state index contributed by atoms with van der Waals surface area (Å²) in [6.45, 7) is 1.45. The molecule has 0 aliphatic heterocycles. The first-order chi connectivity index (χ1) is 9.59. The number of hydrogen-bond donors (Lipinski definition) is 1. The summed E-state index contributed by atoms with van der Waals surface area (Å²) in [5.74, 6) is 0.213. The monoisotopic (exact) mass is 314 g/mol. The molecule has 108 valence electrons. The van der Waals surface area contributed by atoms with Crippen molar-refractivity contribution in [2.75, 3.05) is 13.2 Å². The number of H-pyrrole nitrogens is 1. The molecule has 0 unspecified atom stereocenters. The van der Waals surface area contributed by atoms with E-state index in [-0.39, 0.29) is 11.4 Å². The molecule has 2 aromatic rings. The predicted octanol–water partition coefficient (Wildman–Crippen LogP) is 2.60. The highest BCUT2D eigenvalue weighted by Crippen LogP contribution is 2.50. The van der Waals surface area contributed by atoms with Crippen molar-refractivity contribution in [2.24, 2.45) is 0 Å². The Bertz CT molecular complexity index is 693. The van der Waals surface area contributed by atoms with Crippen molar-refractivity contribution in [3.05, 3.63) is 34.6 Å². The second-order valence-corrected chi connectivity index (χ2v) is 6.71. The van der Waals surface area contributed by atoms with Gasteiger partial charge in [-0.15, -0.1) is 5.10 Å². The number of rotatable bonds is 6. The molecule has 8 heteroatoms. The number of hydrogen-bond acceptors (Lipinski definition) is 6. The lowest BCUT2D eigenvalue weighted by atomic mass is 10.2. The average Bonchev–Trinajstić information content (AvgIpc) is 2.43. The van der Waals surface area contributed by atoms with Crippen LogP contribution >= 0.6 is 6.72 Å². The van der Waals surface area contributed by atoms with Crippen molar-refractivity contribution in [1.82, 2.24) is 10.2 Å². The molecule has 0 saturated heterocycles. The van der Waals surface area contributed by atoms with Gasteiger partial charge in [-0.1, -0.05) is 12.1 Å². The molecule has 0 atom stereocenters. The van der Waals surface area contributed by atoms with E-state index in [1.807, 2.05) is 13.8 Å². The van der Waals surface area contributed by atoms with Crippen LogP contribution in [0.4, 0.5) is 0 Å². The number of nitrogens with zero attached hydrogens (tertiary/aromatic N) is 1. The molecule has 20 heavy (non-hydrogen) atoms. The van der Waals surface area contributed by atoms with E-state index in [0.29, 0.717) is 24.0 Å². The van der Waals surface area contributed by atoms with Crippen molar-refractivity contribution in [1.29, 1.82) is 0 Å². The summed E-state index contributed by atoms with van der Waals surface area (Å²) in [4.78, 5) is 11.7. The van der Waals surface area contributed by atoms with Crippen LogP contribution in [0.15, 0.2) is 29.1 Å². The van der Waals surface area contributed by atoms with Gasteiger partial charge in [-0.25, -0.2) is 5.10 Å². The van der Waals surface area contributed by atoms with Gasteiger partial charge in [0.2, 0.25) is 5.88 Å². The maximum absolute atomic E-state index is 11.7. The summed E-state index contributed by atoms with van der Waals surface area (Å²) < 4.78 is 16.5. The smallest absolute Gasteiger partial charge is 0.381 e. The van der Waals surface area contributed by atoms with Gasteiger partial charge in [0.15, 0.2) is 0 Å². The van der Waals surface area contributed by atoms with Gasteiger partial charge in [0.05, 0.1) is 24.0 Å². The van der Waals surface area contributed by atoms with Crippen molar-refractivity contribution in [3.63, 3.8) is 0 Å². The van der Waals surface area contributed by atoms with Crippen LogP contribution in [0.1, 0.15) is 13.8 Å². The van der Waals surface area contributed by atoms with E-state index >= 15 is 0 Å². The zero-order valence-corrected chi connectivity index (χ0v) is 12.9. The lowest BCUT2D eigenvalue weighted by Crippen LogP contribution is -2.11. The number of benzene rings is 1. The van der Waals surface area contributed by atoms with Gasteiger partial charge in [0.25, 0.3) is 5.56 Å². The third kappa shape index (κ3) is 3.24. The molecule has 0 aliphatic rings. The molecule has 1 aromatic heterocycles. The Labute approximate surface area is 121 Å². The first kappa shape index (κ1) is 15.1. The fourth-order valence-corrected chi connectivity index (χ4v) is 3.68. The summed E-state index contributed by atoms with van der Waals surface area (Å²) in [5.41, 5.74) is -0.283. The zero-order chi connectivity index (χ0) is 14.6. The number of aromatic amines is 1. The maximum atomic E-state index is 11.7. The van der Waals surface area contributed by atoms with Crippen LogP contribution in [-0.2, 0) is 20.9 Å². The molecule has 0 saturated carbocycles. The summed E-state index contributed by atoms with van der Waals surface area (Å²) in [7, 11) is 0. The Balaban J connectivity index is 2.45. The minimum atomic E-state index is -2.91. The van der Waals surface area contributed by atoms with E-state index in [9.17, 15) is 4.79 Å². The van der Waals surface area contributed by atoms with Gasteiger partial charge < -0.3 is 4.52 Å². The van der Waals surface area contributed by atoms with Crippen LogP contribution in [0.5, 0.6) is 5.88 Å². The van der Waals surface area contributed by atoms with Gasteiger partial charge in [0.1, 0.15) is 0 Å². The van der Waals surface area contributed by atoms with E-state index in [2.05, 4.69) is 10.2 Å². The summed E-state index contributed by atoms with van der Waals surface area (Å²) in [6, 6.07) is 6.99. The average molecular weight is 314 g/mol. The molecule has 0 fully saturated rings. The molecule has 0 aliphatic carbocycles. The van der Waals surface area contributed by atoms with Crippen LogP contribution < -0.4 is 10.1 Å². The molecule has 1 N–H and O–H groups in total. The predicted molar refractivity (Wildman–Crippen MR) is 80.5 cm³/mol. The highest BCUT2D eigenvalue weighted by atomic mass is 32.5. The molecule has 0 radical (unpaired) electrons. The summed E-state index contributed by atoms with van der Waals surface area (Å²) in [5, 5.41) is 7.33. The van der Waals surface area contributed by atoms with Gasteiger partial charge in [-0.05, 0) is 26.0 Å². The van der Waals surface area contributed by atoms with Gasteiger partial charge in [-0.3, -0.25) is 13.8 Å². The van der Waals surface area contributed by atoms with Crippen LogP contribution in [0, 0.1) is 0 Å². The van der Waals surface area contributed by atoms with Crippen LogP contribution in [0.2, 0.25) is 0 Å². The first-order valence-corrected chi connectivity index (χ1v) is 8.71. The molecular formula is C12H15N2O4PS. The van der Waals surface area contributed by atoms with Crippen LogP contribution in [-0.4, -0.2) is 23.4 Å². The molecular weight excluding hydrogens is 299 g/mol. The molecule has 0 spiro atoms. The van der Waals surface area contributed by atoms with Gasteiger partial charge >= 0.3 is 6.72 Å². The standard InChI is InChI=1S/C12H15N2O4PS/c1-3-16-19(20,17-4-2)18-12-10-8-6-5-7-9(10)11(15)13-14-12/h5-8H,3-4H2,1-2H3,(H,13,15). The zero-order valence-electron chi connectivity index (χ0n) is 11.2. The SMILES string of the molecule is CCOP(=S)(OCC)Oc1n[nH]c(=O)c2ccccc12. The van der Waals surface area contributed by atoms with Crippen LogP contribution in [0.25, 0.3) is 10.8 Å². The van der Waals surface area contributed by atoms with E-state index in [4.69, 9.17) is 25.4 Å². The minimum Gasteiger partial charge on any atom is -0.403 e. The second kappa shape index (κ2) is 6.45. The molecule has 2 rings (SSSR count). The number of nitrogens with one attached hydrogen (secondary N) is 1. The van der Waals surface area contributed by atoms with Crippen molar-refractivity contribution in [3.8, 4) is 5.88 Å². The lowest BCUT2D eigenvalue weighted by Gasteiger charge is -2.20. The van der Waals surface area contributed by atoms with Crippen LogP contribution in [0.3, 0.4) is 0 Å². The molecule has 1 heterocycles. The Kier molecular flexibility index (Phi) is 4.88. The normalized spacial score (nSPS) is 11.7. The van der Waals surface area contributed by atoms with Crippen molar-refractivity contribution >= 4 is 29.3 Å². The minimum absolute atomic E-state index is 0.213. The Morgan fingerprint density at radius 2 is 1.80 bits per heavy atom. The first-order valence-electron chi connectivity index (χ1n) is 6.15.